The van der Waals surface area contributed by atoms with Crippen LogP contribution >= 0.6 is 11.3 Å². The van der Waals surface area contributed by atoms with Crippen molar-refractivity contribution in [3.8, 4) is 5.75 Å². The van der Waals surface area contributed by atoms with Gasteiger partial charge in [-0.1, -0.05) is 6.42 Å². The molecule has 0 saturated carbocycles. The Bertz CT molecular complexity index is 767. The molecule has 3 rings (SSSR count). The van der Waals surface area contributed by atoms with E-state index in [2.05, 4.69) is 0 Å². The van der Waals surface area contributed by atoms with Crippen molar-refractivity contribution < 1.29 is 19.1 Å². The third-order valence-electron chi connectivity index (χ3n) is 4.49. The lowest BCUT2D eigenvalue weighted by Crippen LogP contribution is -2.05. The SMILES string of the molecule is COc1ccc(C(C)=O)cc1COC(=O)c1cc2c(s1)CCCCC2. The highest BCUT2D eigenvalue weighted by Crippen LogP contribution is 2.30. The standard InChI is InChI=1S/C20H22O4S/c1-13(21)14-8-9-17(23-2)16(10-14)12-24-20(22)19-11-15-6-4-3-5-7-18(15)25-19/h8-11H,3-7,12H2,1-2H3. The number of carbonyl (C=O) groups excluding carboxylic acids is 2. The van der Waals surface area contributed by atoms with Crippen LogP contribution < -0.4 is 4.74 Å². The molecule has 5 heteroatoms. The molecule has 1 heterocycles. The number of ketones is 1. The van der Waals surface area contributed by atoms with E-state index in [1.807, 2.05) is 6.07 Å². The van der Waals surface area contributed by atoms with Crippen LogP contribution in [0.5, 0.6) is 5.75 Å². The van der Waals surface area contributed by atoms with Crippen molar-refractivity contribution in [1.82, 2.24) is 0 Å². The third kappa shape index (κ3) is 4.10. The van der Waals surface area contributed by atoms with E-state index in [4.69, 9.17) is 9.47 Å². The van der Waals surface area contributed by atoms with Crippen molar-refractivity contribution in [1.29, 1.82) is 0 Å². The largest absolute Gasteiger partial charge is 0.496 e. The van der Waals surface area contributed by atoms with E-state index in [9.17, 15) is 9.59 Å². The average Bonchev–Trinajstić information content (AvgIpc) is 2.90. The van der Waals surface area contributed by atoms with Gasteiger partial charge in [0.2, 0.25) is 0 Å². The van der Waals surface area contributed by atoms with Gasteiger partial charge in [-0.3, -0.25) is 4.79 Å². The zero-order valence-electron chi connectivity index (χ0n) is 14.6. The number of hydrogen-bond acceptors (Lipinski definition) is 5. The number of benzene rings is 1. The van der Waals surface area contributed by atoms with E-state index in [1.54, 1.807) is 36.6 Å². The van der Waals surface area contributed by atoms with Gasteiger partial charge in [-0.25, -0.2) is 4.79 Å². The Morgan fingerprint density at radius 2 is 1.92 bits per heavy atom. The number of methoxy groups -OCH3 is 1. The van der Waals surface area contributed by atoms with Crippen LogP contribution in [0.1, 0.15) is 62.2 Å². The van der Waals surface area contributed by atoms with Crippen LogP contribution in [0.15, 0.2) is 24.3 Å². The normalized spacial score (nSPS) is 13.7. The molecule has 0 spiro atoms. The number of thiophene rings is 1. The molecule has 1 aliphatic rings. The number of aryl methyl sites for hydroxylation is 2. The van der Waals surface area contributed by atoms with Crippen LogP contribution in [0.4, 0.5) is 0 Å². The topological polar surface area (TPSA) is 52.6 Å². The van der Waals surface area contributed by atoms with Gasteiger partial charge in [0, 0.05) is 16.0 Å². The highest BCUT2D eigenvalue weighted by molar-refractivity contribution is 7.14. The third-order valence-corrected chi connectivity index (χ3v) is 5.71. The van der Waals surface area contributed by atoms with Crippen molar-refractivity contribution in [3.63, 3.8) is 0 Å². The Labute approximate surface area is 151 Å². The van der Waals surface area contributed by atoms with Gasteiger partial charge >= 0.3 is 5.97 Å². The Morgan fingerprint density at radius 3 is 2.68 bits per heavy atom. The second kappa shape index (κ2) is 7.83. The molecular weight excluding hydrogens is 336 g/mol. The first-order chi connectivity index (χ1) is 12.1. The molecule has 0 saturated heterocycles. The van der Waals surface area contributed by atoms with Crippen molar-refractivity contribution >= 4 is 23.1 Å². The molecule has 1 aliphatic carbocycles. The number of ether oxygens (including phenoxy) is 2. The van der Waals surface area contributed by atoms with Crippen LogP contribution in [0.25, 0.3) is 0 Å². The van der Waals surface area contributed by atoms with Crippen LogP contribution in [0, 0.1) is 0 Å². The Hall–Kier alpha value is -2.14. The van der Waals surface area contributed by atoms with E-state index >= 15 is 0 Å². The molecule has 25 heavy (non-hydrogen) atoms. The smallest absolute Gasteiger partial charge is 0.348 e. The monoisotopic (exact) mass is 358 g/mol. The minimum atomic E-state index is -0.312. The highest BCUT2D eigenvalue weighted by Gasteiger charge is 2.18. The van der Waals surface area contributed by atoms with Crippen molar-refractivity contribution in [2.24, 2.45) is 0 Å². The second-order valence-electron chi connectivity index (χ2n) is 6.28. The van der Waals surface area contributed by atoms with Crippen LogP contribution in [0.2, 0.25) is 0 Å². The number of carbonyl (C=O) groups is 2. The maximum Gasteiger partial charge on any atom is 0.348 e. The average molecular weight is 358 g/mol. The summed E-state index contributed by atoms with van der Waals surface area (Å²) in [4.78, 5) is 26.0. The molecule has 1 aromatic heterocycles. The molecule has 0 N–H and O–H groups in total. The summed E-state index contributed by atoms with van der Waals surface area (Å²) in [6, 6.07) is 7.14. The Morgan fingerprint density at radius 1 is 1.12 bits per heavy atom. The molecule has 0 atom stereocenters. The zero-order chi connectivity index (χ0) is 17.8. The van der Waals surface area contributed by atoms with Gasteiger partial charge in [0.1, 0.15) is 17.2 Å². The van der Waals surface area contributed by atoms with E-state index in [-0.39, 0.29) is 18.4 Å². The van der Waals surface area contributed by atoms with Gasteiger partial charge in [0.05, 0.1) is 7.11 Å². The Balaban J connectivity index is 1.72. The summed E-state index contributed by atoms with van der Waals surface area (Å²) in [5.74, 6) is 0.269. The molecular formula is C20H22O4S. The number of rotatable bonds is 5. The van der Waals surface area contributed by atoms with Gasteiger partial charge in [-0.05, 0) is 62.4 Å². The van der Waals surface area contributed by atoms with Crippen molar-refractivity contribution in [2.75, 3.05) is 7.11 Å². The van der Waals surface area contributed by atoms with Gasteiger partial charge < -0.3 is 9.47 Å². The van der Waals surface area contributed by atoms with E-state index in [0.717, 1.165) is 12.8 Å². The fourth-order valence-electron chi connectivity index (χ4n) is 3.09. The van der Waals surface area contributed by atoms with Crippen molar-refractivity contribution in [2.45, 2.75) is 45.6 Å². The maximum atomic E-state index is 12.4. The van der Waals surface area contributed by atoms with Crippen molar-refractivity contribution in [3.05, 3.63) is 50.7 Å². The first kappa shape index (κ1) is 17.7. The zero-order valence-corrected chi connectivity index (χ0v) is 15.4. The first-order valence-corrected chi connectivity index (χ1v) is 9.36. The molecule has 4 nitrogen and oxygen atoms in total. The summed E-state index contributed by atoms with van der Waals surface area (Å²) >= 11 is 1.55. The first-order valence-electron chi connectivity index (χ1n) is 8.55. The van der Waals surface area contributed by atoms with Gasteiger partial charge in [0.15, 0.2) is 5.78 Å². The molecule has 2 aromatic rings. The van der Waals surface area contributed by atoms with E-state index in [1.165, 1.54) is 36.6 Å². The van der Waals surface area contributed by atoms with Crippen LogP contribution in [0.3, 0.4) is 0 Å². The van der Waals surface area contributed by atoms with E-state index < -0.39 is 0 Å². The molecule has 1 aromatic carbocycles. The summed E-state index contributed by atoms with van der Waals surface area (Å²) in [5, 5.41) is 0. The van der Waals surface area contributed by atoms with Gasteiger partial charge in [0.25, 0.3) is 0 Å². The predicted octanol–water partition coefficient (Wildman–Crippen LogP) is 4.59. The fraction of sp³-hybridized carbons (Fsp3) is 0.400. The fourth-order valence-corrected chi connectivity index (χ4v) is 4.24. The van der Waals surface area contributed by atoms with Gasteiger partial charge in [-0.2, -0.15) is 0 Å². The molecule has 0 fully saturated rings. The van der Waals surface area contributed by atoms with Crippen LogP contribution in [-0.2, 0) is 24.2 Å². The second-order valence-corrected chi connectivity index (χ2v) is 7.42. The summed E-state index contributed by atoms with van der Waals surface area (Å²) < 4.78 is 10.8. The summed E-state index contributed by atoms with van der Waals surface area (Å²) in [5.41, 5.74) is 2.57. The molecule has 0 bridgehead atoms. The minimum absolute atomic E-state index is 0.0303. The van der Waals surface area contributed by atoms with Gasteiger partial charge in [-0.15, -0.1) is 11.3 Å². The summed E-state index contributed by atoms with van der Waals surface area (Å²) in [6.07, 6.45) is 5.74. The summed E-state index contributed by atoms with van der Waals surface area (Å²) in [6.45, 7) is 1.60. The van der Waals surface area contributed by atoms with E-state index in [0.29, 0.717) is 21.8 Å². The lowest BCUT2D eigenvalue weighted by molar-refractivity contribution is 0.0476. The Kier molecular flexibility index (Phi) is 5.53. The minimum Gasteiger partial charge on any atom is -0.496 e. The number of esters is 1. The lowest BCUT2D eigenvalue weighted by Gasteiger charge is -2.10. The molecule has 0 aliphatic heterocycles. The summed E-state index contributed by atoms with van der Waals surface area (Å²) in [7, 11) is 1.56. The molecule has 132 valence electrons. The molecule has 0 radical (unpaired) electrons. The maximum absolute atomic E-state index is 12.4. The van der Waals surface area contributed by atoms with Crippen LogP contribution in [-0.4, -0.2) is 18.9 Å². The lowest BCUT2D eigenvalue weighted by atomic mass is 10.1. The molecule has 0 amide bonds. The number of Topliss-reactive ketones (excluding diaryl/α,β-unsaturated/α-hetero) is 1. The highest BCUT2D eigenvalue weighted by atomic mass is 32.1. The number of hydrogen-bond donors (Lipinski definition) is 0. The predicted molar refractivity (Wildman–Crippen MR) is 97.7 cm³/mol. The quantitative estimate of drug-likeness (QED) is 0.446. The number of fused-ring (bicyclic) bond motifs is 1. The molecule has 0 unspecified atom stereocenters.